The van der Waals surface area contributed by atoms with Gasteiger partial charge in [-0.2, -0.15) is 0 Å². The summed E-state index contributed by atoms with van der Waals surface area (Å²) < 4.78 is 13.5. The summed E-state index contributed by atoms with van der Waals surface area (Å²) in [5, 5.41) is 3.33. The van der Waals surface area contributed by atoms with E-state index in [1.807, 2.05) is 0 Å². The fraction of sp³-hybridized carbons (Fsp3) is 0.389. The second kappa shape index (κ2) is 5.68. The summed E-state index contributed by atoms with van der Waals surface area (Å²) in [7, 11) is 0. The largest absolute Gasteiger partial charge is 0.354 e. The molecule has 0 bridgehead atoms. The van der Waals surface area contributed by atoms with E-state index < -0.39 is 16.9 Å². The molecule has 7 heteroatoms. The van der Waals surface area contributed by atoms with Gasteiger partial charge in [0, 0.05) is 24.5 Å². The molecule has 0 saturated carbocycles. The Morgan fingerprint density at radius 2 is 1.96 bits per heavy atom. The van der Waals surface area contributed by atoms with Gasteiger partial charge < -0.3 is 15.2 Å². The molecule has 0 aliphatic carbocycles. The molecule has 1 unspecified atom stereocenters. The number of hydrogen-bond acceptors (Lipinski definition) is 3. The first-order chi connectivity index (χ1) is 12.0. The van der Waals surface area contributed by atoms with Crippen molar-refractivity contribution in [3.63, 3.8) is 0 Å². The molecular formula is C18H18FN3O3. The maximum absolute atomic E-state index is 13.5. The van der Waals surface area contributed by atoms with Crippen LogP contribution in [0.4, 0.5) is 4.39 Å². The molecule has 130 valence electrons. The number of carbonyl (C=O) groups is 2. The Hall–Kier alpha value is -2.70. The number of aromatic amines is 1. The molecular weight excluding hydrogens is 325 g/mol. The van der Waals surface area contributed by atoms with Crippen molar-refractivity contribution in [1.29, 1.82) is 0 Å². The van der Waals surface area contributed by atoms with Gasteiger partial charge in [0.15, 0.2) is 0 Å². The van der Waals surface area contributed by atoms with E-state index in [-0.39, 0.29) is 22.9 Å². The standard InChI is InChI=1S/C18H18FN3O3/c19-11-3-4-12-13(10-15(23)21-14(12)9-11)16(24)22-8-2-6-18(22)5-1-7-20-17(18)25/h3-4,9-10H,1-2,5-8H2,(H,20,25)(H,21,23). The zero-order valence-electron chi connectivity index (χ0n) is 13.6. The number of carbonyl (C=O) groups excluding carboxylic acids is 2. The quantitative estimate of drug-likeness (QED) is 0.824. The minimum absolute atomic E-state index is 0.121. The lowest BCUT2D eigenvalue weighted by molar-refractivity contribution is -0.133. The Labute approximate surface area is 143 Å². The highest BCUT2D eigenvalue weighted by atomic mass is 19.1. The molecule has 25 heavy (non-hydrogen) atoms. The number of rotatable bonds is 1. The van der Waals surface area contributed by atoms with Crippen LogP contribution in [0.15, 0.2) is 29.1 Å². The number of nitrogens with zero attached hydrogens (tertiary/aromatic N) is 1. The van der Waals surface area contributed by atoms with E-state index in [4.69, 9.17) is 0 Å². The Morgan fingerprint density at radius 1 is 1.16 bits per heavy atom. The monoisotopic (exact) mass is 343 g/mol. The molecule has 2 aliphatic rings. The lowest BCUT2D eigenvalue weighted by Crippen LogP contribution is -2.60. The molecule has 2 aromatic rings. The average Bonchev–Trinajstić information content (AvgIpc) is 3.00. The number of hydrogen-bond donors (Lipinski definition) is 2. The molecule has 1 spiro atoms. The summed E-state index contributed by atoms with van der Waals surface area (Å²) in [4.78, 5) is 41.8. The van der Waals surface area contributed by atoms with Gasteiger partial charge in [-0.1, -0.05) is 0 Å². The van der Waals surface area contributed by atoms with Crippen molar-refractivity contribution in [2.24, 2.45) is 0 Å². The molecule has 4 rings (SSSR count). The highest BCUT2D eigenvalue weighted by molar-refractivity contribution is 6.08. The lowest BCUT2D eigenvalue weighted by atomic mass is 9.86. The van der Waals surface area contributed by atoms with E-state index in [0.29, 0.717) is 31.3 Å². The van der Waals surface area contributed by atoms with Gasteiger partial charge in [0.2, 0.25) is 11.5 Å². The minimum Gasteiger partial charge on any atom is -0.354 e. The number of aromatic nitrogens is 1. The van der Waals surface area contributed by atoms with E-state index in [0.717, 1.165) is 12.8 Å². The number of likely N-dealkylation sites (tertiary alicyclic amines) is 1. The summed E-state index contributed by atoms with van der Waals surface area (Å²) >= 11 is 0. The first-order valence-corrected chi connectivity index (χ1v) is 8.44. The number of piperidine rings is 1. The van der Waals surface area contributed by atoms with E-state index in [1.165, 1.54) is 24.3 Å². The first-order valence-electron chi connectivity index (χ1n) is 8.44. The van der Waals surface area contributed by atoms with Gasteiger partial charge in [-0.3, -0.25) is 14.4 Å². The molecule has 2 fully saturated rings. The number of pyridine rings is 1. The second-order valence-electron chi connectivity index (χ2n) is 6.69. The third-order valence-corrected chi connectivity index (χ3v) is 5.24. The SMILES string of the molecule is O=C(c1cc(=O)[nH]c2cc(F)ccc12)N1CCCC12CCCNC2=O. The Kier molecular flexibility index (Phi) is 3.59. The summed E-state index contributed by atoms with van der Waals surface area (Å²) in [6.45, 7) is 1.09. The maximum Gasteiger partial charge on any atom is 0.255 e. The molecule has 0 radical (unpaired) electrons. The smallest absolute Gasteiger partial charge is 0.255 e. The van der Waals surface area contributed by atoms with Crippen molar-refractivity contribution in [1.82, 2.24) is 15.2 Å². The first kappa shape index (κ1) is 15.8. The second-order valence-corrected chi connectivity index (χ2v) is 6.69. The third kappa shape index (κ3) is 2.42. The van der Waals surface area contributed by atoms with Crippen LogP contribution in [0.5, 0.6) is 0 Å². The number of amides is 2. The Balaban J connectivity index is 1.82. The number of benzene rings is 1. The van der Waals surface area contributed by atoms with Crippen LogP contribution in [-0.4, -0.2) is 40.3 Å². The predicted octanol–water partition coefficient (Wildman–Crippen LogP) is 1.55. The Bertz CT molecular complexity index is 939. The van der Waals surface area contributed by atoms with Crippen LogP contribution >= 0.6 is 0 Å². The fourth-order valence-electron chi connectivity index (χ4n) is 4.09. The summed E-state index contributed by atoms with van der Waals surface area (Å²) in [5.41, 5.74) is -0.817. The molecule has 2 amide bonds. The van der Waals surface area contributed by atoms with Gasteiger partial charge >= 0.3 is 0 Å². The van der Waals surface area contributed by atoms with Crippen LogP contribution in [-0.2, 0) is 4.79 Å². The van der Waals surface area contributed by atoms with Crippen LogP contribution in [0.2, 0.25) is 0 Å². The van der Waals surface area contributed by atoms with Crippen molar-refractivity contribution in [2.75, 3.05) is 13.1 Å². The van der Waals surface area contributed by atoms with Crippen molar-refractivity contribution >= 4 is 22.7 Å². The van der Waals surface area contributed by atoms with Gasteiger partial charge in [0.1, 0.15) is 11.4 Å². The van der Waals surface area contributed by atoms with E-state index in [2.05, 4.69) is 10.3 Å². The zero-order chi connectivity index (χ0) is 17.6. The number of fused-ring (bicyclic) bond motifs is 1. The van der Waals surface area contributed by atoms with Crippen molar-refractivity contribution in [3.05, 3.63) is 46.0 Å². The van der Waals surface area contributed by atoms with Crippen molar-refractivity contribution in [2.45, 2.75) is 31.2 Å². The van der Waals surface area contributed by atoms with E-state index in [1.54, 1.807) is 4.90 Å². The molecule has 2 N–H and O–H groups in total. The number of halogens is 1. The van der Waals surface area contributed by atoms with E-state index >= 15 is 0 Å². The normalized spacial score (nSPS) is 23.2. The van der Waals surface area contributed by atoms with Gasteiger partial charge in [0.05, 0.1) is 11.1 Å². The third-order valence-electron chi connectivity index (χ3n) is 5.24. The minimum atomic E-state index is -0.829. The maximum atomic E-state index is 13.5. The molecule has 1 aromatic heterocycles. The highest BCUT2D eigenvalue weighted by Gasteiger charge is 2.50. The average molecular weight is 343 g/mol. The highest BCUT2D eigenvalue weighted by Crippen LogP contribution is 2.37. The van der Waals surface area contributed by atoms with Crippen LogP contribution in [0.1, 0.15) is 36.0 Å². The zero-order valence-corrected chi connectivity index (χ0v) is 13.6. The van der Waals surface area contributed by atoms with Crippen LogP contribution in [0.25, 0.3) is 10.9 Å². The van der Waals surface area contributed by atoms with Gasteiger partial charge in [-0.15, -0.1) is 0 Å². The molecule has 6 nitrogen and oxygen atoms in total. The van der Waals surface area contributed by atoms with Gasteiger partial charge in [-0.05, 0) is 43.9 Å². The van der Waals surface area contributed by atoms with Crippen LogP contribution in [0, 0.1) is 5.82 Å². The van der Waals surface area contributed by atoms with Gasteiger partial charge in [-0.25, -0.2) is 4.39 Å². The van der Waals surface area contributed by atoms with Gasteiger partial charge in [0.25, 0.3) is 5.91 Å². The molecule has 1 aromatic carbocycles. The van der Waals surface area contributed by atoms with Crippen LogP contribution in [0.3, 0.4) is 0 Å². The topological polar surface area (TPSA) is 82.3 Å². The summed E-state index contributed by atoms with van der Waals surface area (Å²) in [6.07, 6.45) is 2.81. The van der Waals surface area contributed by atoms with Crippen LogP contribution < -0.4 is 10.9 Å². The van der Waals surface area contributed by atoms with E-state index in [9.17, 15) is 18.8 Å². The molecule has 2 saturated heterocycles. The number of nitrogens with one attached hydrogen (secondary N) is 2. The van der Waals surface area contributed by atoms with Crippen molar-refractivity contribution in [3.8, 4) is 0 Å². The fourth-order valence-corrected chi connectivity index (χ4v) is 4.09. The molecule has 3 heterocycles. The lowest BCUT2D eigenvalue weighted by Gasteiger charge is -2.40. The predicted molar refractivity (Wildman–Crippen MR) is 89.8 cm³/mol. The Morgan fingerprint density at radius 3 is 2.76 bits per heavy atom. The van der Waals surface area contributed by atoms with Crippen molar-refractivity contribution < 1.29 is 14.0 Å². The molecule has 2 aliphatic heterocycles. The summed E-state index contributed by atoms with van der Waals surface area (Å²) in [6, 6.07) is 5.16. The summed E-state index contributed by atoms with van der Waals surface area (Å²) in [5.74, 6) is -0.959. The molecule has 1 atom stereocenters. The number of H-pyrrole nitrogens is 1.